The van der Waals surface area contributed by atoms with Crippen LogP contribution in [0.25, 0.3) is 0 Å². The van der Waals surface area contributed by atoms with Gasteiger partial charge >= 0.3 is 0 Å². The Hall–Kier alpha value is -0.870. The molecule has 0 unspecified atom stereocenters. The molecule has 1 saturated carbocycles. The Kier molecular flexibility index (Phi) is 3.84. The smallest absolute Gasteiger partial charge is 0.225 e. The van der Waals surface area contributed by atoms with Crippen molar-refractivity contribution in [3.8, 4) is 0 Å². The van der Waals surface area contributed by atoms with Crippen molar-refractivity contribution < 1.29 is 5.11 Å². The zero-order valence-corrected chi connectivity index (χ0v) is 10.8. The predicted octanol–water partition coefficient (Wildman–Crippen LogP) is 2.26. The number of halogens is 1. The third kappa shape index (κ3) is 3.30. The van der Waals surface area contributed by atoms with Gasteiger partial charge < -0.3 is 10.0 Å². The van der Waals surface area contributed by atoms with Crippen LogP contribution >= 0.6 is 11.6 Å². The summed E-state index contributed by atoms with van der Waals surface area (Å²) in [6.45, 7) is 0.762. The molecule has 0 bridgehead atoms. The average molecular weight is 256 g/mol. The Balaban J connectivity index is 1.88. The van der Waals surface area contributed by atoms with Gasteiger partial charge in [0.1, 0.15) is 0 Å². The predicted molar refractivity (Wildman–Crippen MR) is 68.3 cm³/mol. The number of aromatic nitrogens is 2. The molecule has 1 aromatic heterocycles. The van der Waals surface area contributed by atoms with E-state index in [4.69, 9.17) is 11.6 Å². The van der Waals surface area contributed by atoms with E-state index in [-0.39, 0.29) is 0 Å². The van der Waals surface area contributed by atoms with Crippen LogP contribution in [0, 0.1) is 0 Å². The topological polar surface area (TPSA) is 49.2 Å². The summed E-state index contributed by atoms with van der Waals surface area (Å²) in [4.78, 5) is 10.2. The number of rotatable bonds is 4. The van der Waals surface area contributed by atoms with Crippen LogP contribution in [0.3, 0.4) is 0 Å². The molecule has 0 aromatic carbocycles. The van der Waals surface area contributed by atoms with Gasteiger partial charge in [-0.1, -0.05) is 24.4 Å². The van der Waals surface area contributed by atoms with Crippen molar-refractivity contribution >= 4 is 17.5 Å². The number of aliphatic hydroxyl groups is 1. The lowest BCUT2D eigenvalue weighted by atomic mass is 9.98. The van der Waals surface area contributed by atoms with E-state index in [0.29, 0.717) is 11.0 Å². The molecule has 5 heteroatoms. The van der Waals surface area contributed by atoms with Crippen LogP contribution in [0.4, 0.5) is 5.95 Å². The van der Waals surface area contributed by atoms with E-state index < -0.39 is 5.60 Å². The van der Waals surface area contributed by atoms with Crippen LogP contribution in [0.1, 0.15) is 32.1 Å². The minimum Gasteiger partial charge on any atom is -0.390 e. The largest absolute Gasteiger partial charge is 0.390 e. The van der Waals surface area contributed by atoms with Gasteiger partial charge in [-0.05, 0) is 19.3 Å². The maximum absolute atomic E-state index is 10.2. The van der Waals surface area contributed by atoms with Crippen molar-refractivity contribution in [2.24, 2.45) is 0 Å². The second kappa shape index (κ2) is 5.19. The van der Waals surface area contributed by atoms with Gasteiger partial charge in [-0.2, -0.15) is 0 Å². The summed E-state index contributed by atoms with van der Waals surface area (Å²) in [5.74, 6) is 0.649. The van der Waals surface area contributed by atoms with Crippen molar-refractivity contribution in [2.45, 2.75) is 37.7 Å². The molecule has 2 rings (SSSR count). The average Bonchev–Trinajstić information content (AvgIpc) is 2.75. The van der Waals surface area contributed by atoms with Crippen molar-refractivity contribution in [2.75, 3.05) is 18.5 Å². The van der Waals surface area contributed by atoms with Crippen LogP contribution in [0.2, 0.25) is 5.02 Å². The molecule has 0 spiro atoms. The maximum Gasteiger partial charge on any atom is 0.225 e. The normalized spacial score (nSPS) is 18.3. The Morgan fingerprint density at radius 2 is 1.94 bits per heavy atom. The molecule has 1 aliphatic rings. The zero-order chi connectivity index (χ0) is 12.3. The lowest BCUT2D eigenvalue weighted by molar-refractivity contribution is 0.0410. The second-order valence-corrected chi connectivity index (χ2v) is 5.24. The quantitative estimate of drug-likeness (QED) is 0.897. The first kappa shape index (κ1) is 12.6. The Bertz CT molecular complexity index is 363. The van der Waals surface area contributed by atoms with E-state index >= 15 is 0 Å². The van der Waals surface area contributed by atoms with Gasteiger partial charge in [-0.25, -0.2) is 9.97 Å². The first-order chi connectivity index (χ1) is 8.09. The lowest BCUT2D eigenvalue weighted by Crippen LogP contribution is -2.31. The first-order valence-electron chi connectivity index (χ1n) is 6.00. The van der Waals surface area contributed by atoms with Crippen molar-refractivity contribution in [3.63, 3.8) is 0 Å². The molecule has 94 valence electrons. The summed E-state index contributed by atoms with van der Waals surface area (Å²) >= 11 is 5.74. The zero-order valence-electron chi connectivity index (χ0n) is 10.1. The number of anilines is 1. The summed E-state index contributed by atoms with van der Waals surface area (Å²) in [7, 11) is 1.93. The van der Waals surface area contributed by atoms with Gasteiger partial charge in [0, 0.05) is 13.6 Å². The molecule has 1 heterocycles. The fourth-order valence-corrected chi connectivity index (χ4v) is 2.36. The highest BCUT2D eigenvalue weighted by Crippen LogP contribution is 2.32. The highest BCUT2D eigenvalue weighted by Gasteiger charge is 2.30. The van der Waals surface area contributed by atoms with E-state index in [1.54, 1.807) is 12.4 Å². The van der Waals surface area contributed by atoms with Crippen molar-refractivity contribution in [1.82, 2.24) is 9.97 Å². The Morgan fingerprint density at radius 1 is 1.35 bits per heavy atom. The second-order valence-electron chi connectivity index (χ2n) is 4.80. The summed E-state index contributed by atoms with van der Waals surface area (Å²) in [6, 6.07) is 0. The molecule has 0 radical (unpaired) electrons. The van der Waals surface area contributed by atoms with Crippen LogP contribution in [-0.4, -0.2) is 34.3 Å². The van der Waals surface area contributed by atoms with E-state index in [1.807, 2.05) is 11.9 Å². The highest BCUT2D eigenvalue weighted by molar-refractivity contribution is 6.30. The van der Waals surface area contributed by atoms with Crippen molar-refractivity contribution in [3.05, 3.63) is 17.4 Å². The molecule has 0 atom stereocenters. The summed E-state index contributed by atoms with van der Waals surface area (Å²) in [6.07, 6.45) is 8.06. The molecular formula is C12H18ClN3O. The summed E-state index contributed by atoms with van der Waals surface area (Å²) < 4.78 is 0. The van der Waals surface area contributed by atoms with Crippen LogP contribution < -0.4 is 4.90 Å². The maximum atomic E-state index is 10.2. The standard InChI is InChI=1S/C12H18ClN3O/c1-16(11-14-8-10(13)9-15-11)7-6-12(17)4-2-3-5-12/h8-9,17H,2-7H2,1H3. The third-order valence-electron chi connectivity index (χ3n) is 3.39. The monoisotopic (exact) mass is 255 g/mol. The van der Waals surface area contributed by atoms with Gasteiger partial charge in [0.25, 0.3) is 0 Å². The van der Waals surface area contributed by atoms with Gasteiger partial charge in [0.2, 0.25) is 5.95 Å². The minimum atomic E-state index is -0.472. The molecule has 0 saturated heterocycles. The molecule has 4 nitrogen and oxygen atoms in total. The number of hydrogen-bond acceptors (Lipinski definition) is 4. The molecule has 0 aliphatic heterocycles. The molecule has 17 heavy (non-hydrogen) atoms. The molecular weight excluding hydrogens is 238 g/mol. The number of nitrogens with zero attached hydrogens (tertiary/aromatic N) is 3. The minimum absolute atomic E-state index is 0.472. The molecule has 0 amide bonds. The highest BCUT2D eigenvalue weighted by atomic mass is 35.5. The first-order valence-corrected chi connectivity index (χ1v) is 6.38. The van der Waals surface area contributed by atoms with Gasteiger partial charge in [0.05, 0.1) is 23.0 Å². The van der Waals surface area contributed by atoms with Gasteiger partial charge in [0.15, 0.2) is 0 Å². The van der Waals surface area contributed by atoms with Crippen LogP contribution in [0.15, 0.2) is 12.4 Å². The third-order valence-corrected chi connectivity index (χ3v) is 3.59. The van der Waals surface area contributed by atoms with Gasteiger partial charge in [-0.3, -0.25) is 0 Å². The lowest BCUT2D eigenvalue weighted by Gasteiger charge is -2.25. The molecule has 1 aliphatic carbocycles. The van der Waals surface area contributed by atoms with E-state index in [9.17, 15) is 5.11 Å². The SMILES string of the molecule is CN(CCC1(O)CCCC1)c1ncc(Cl)cn1. The van der Waals surface area contributed by atoms with Crippen molar-refractivity contribution in [1.29, 1.82) is 0 Å². The van der Waals surface area contributed by atoms with Crippen LogP contribution in [0.5, 0.6) is 0 Å². The van der Waals surface area contributed by atoms with Crippen LogP contribution in [-0.2, 0) is 0 Å². The summed E-state index contributed by atoms with van der Waals surface area (Å²) in [5.41, 5.74) is -0.472. The van der Waals surface area contributed by atoms with E-state index in [0.717, 1.165) is 38.6 Å². The molecule has 1 aromatic rings. The van der Waals surface area contributed by atoms with E-state index in [2.05, 4.69) is 9.97 Å². The molecule has 1 fully saturated rings. The van der Waals surface area contributed by atoms with Gasteiger partial charge in [-0.15, -0.1) is 0 Å². The number of hydrogen-bond donors (Lipinski definition) is 1. The van der Waals surface area contributed by atoms with E-state index in [1.165, 1.54) is 0 Å². The molecule has 1 N–H and O–H groups in total. The fourth-order valence-electron chi connectivity index (χ4n) is 2.26. The Labute approximate surface area is 107 Å². The Morgan fingerprint density at radius 3 is 2.53 bits per heavy atom. The summed E-state index contributed by atoms with van der Waals surface area (Å²) in [5, 5.41) is 10.8. The fraction of sp³-hybridized carbons (Fsp3) is 0.667.